The predicted octanol–water partition coefficient (Wildman–Crippen LogP) is 3.12. The number of nitrogens with two attached hydrogens (primary N) is 1. The van der Waals surface area contributed by atoms with Crippen LogP contribution in [0.5, 0.6) is 5.75 Å². The summed E-state index contributed by atoms with van der Waals surface area (Å²) in [6.07, 6.45) is -2.68. The maximum atomic E-state index is 13.5. The van der Waals surface area contributed by atoms with Crippen molar-refractivity contribution in [3.63, 3.8) is 0 Å². The molecule has 0 spiro atoms. The minimum Gasteiger partial charge on any atom is -0.493 e. The molecule has 0 aliphatic carbocycles. The highest BCUT2D eigenvalue weighted by atomic mass is 32.1. The number of pyridine rings is 1. The van der Waals surface area contributed by atoms with E-state index in [9.17, 15) is 27.6 Å². The Balaban J connectivity index is 2.14. The lowest BCUT2D eigenvalue weighted by atomic mass is 10.1. The fourth-order valence-corrected chi connectivity index (χ4v) is 3.08. The summed E-state index contributed by atoms with van der Waals surface area (Å²) in [7, 11) is 0. The minimum absolute atomic E-state index is 0.0146. The van der Waals surface area contributed by atoms with Crippen LogP contribution in [0, 0.1) is 0 Å². The van der Waals surface area contributed by atoms with E-state index in [1.807, 2.05) is 6.92 Å². The molecule has 5 N–H and O–H groups in total. The number of primary amides is 1. The number of ether oxygens (including phenoxy) is 1. The molecule has 0 saturated heterocycles. The quantitative estimate of drug-likeness (QED) is 0.320. The van der Waals surface area contributed by atoms with Crippen molar-refractivity contribution in [3.05, 3.63) is 57.5 Å². The Morgan fingerprint density at radius 3 is 2.55 bits per heavy atom. The largest absolute Gasteiger partial charge is 0.493 e. The van der Waals surface area contributed by atoms with Crippen molar-refractivity contribution in [2.75, 3.05) is 11.9 Å². The molecular weight excluding hydrogens is 461 g/mol. The van der Waals surface area contributed by atoms with E-state index in [4.69, 9.17) is 22.7 Å². The summed E-state index contributed by atoms with van der Waals surface area (Å²) in [6, 6.07) is 5.59. The van der Waals surface area contributed by atoms with E-state index in [0.29, 0.717) is 6.42 Å². The SMILES string of the molecule is CCCCCOc1ccc(NC(=S)NC(=O)c2ccc(=O)[nH]c2CC(N)=O)cc1C(F)(F)F. The molecule has 2 amide bonds. The Hall–Kier alpha value is -3.41. The predicted molar refractivity (Wildman–Crippen MR) is 120 cm³/mol. The van der Waals surface area contributed by atoms with Crippen LogP contribution in [0.4, 0.5) is 18.9 Å². The van der Waals surface area contributed by atoms with Crippen LogP contribution < -0.4 is 26.7 Å². The number of aromatic nitrogens is 1. The number of unbranched alkanes of at least 4 members (excludes halogenated alkanes) is 2. The fraction of sp³-hybridized carbons (Fsp3) is 0.333. The molecule has 0 fully saturated rings. The third-order valence-electron chi connectivity index (χ3n) is 4.37. The molecule has 0 radical (unpaired) electrons. The zero-order chi connectivity index (χ0) is 24.6. The molecule has 1 heterocycles. The molecule has 0 unspecified atom stereocenters. The first-order chi connectivity index (χ1) is 15.5. The standard InChI is InChI=1S/C21H23F3N4O4S/c1-2-3-4-9-32-16-7-5-12(10-14(16)21(22,23)24)26-20(33)28-19(31)13-6-8-18(30)27-15(13)11-17(25)29/h5-8,10H,2-4,9,11H2,1H3,(H2,25,29)(H,27,30)(H2,26,28,31,33). The van der Waals surface area contributed by atoms with Crippen molar-refractivity contribution in [1.29, 1.82) is 0 Å². The van der Waals surface area contributed by atoms with Gasteiger partial charge in [-0.1, -0.05) is 19.8 Å². The number of halogens is 3. The number of amides is 2. The maximum absolute atomic E-state index is 13.5. The zero-order valence-electron chi connectivity index (χ0n) is 17.7. The zero-order valence-corrected chi connectivity index (χ0v) is 18.5. The second-order valence-electron chi connectivity index (χ2n) is 7.03. The van der Waals surface area contributed by atoms with E-state index in [1.54, 1.807) is 0 Å². The molecular formula is C21H23F3N4O4S. The van der Waals surface area contributed by atoms with Crippen molar-refractivity contribution in [2.24, 2.45) is 5.73 Å². The highest BCUT2D eigenvalue weighted by molar-refractivity contribution is 7.80. The Morgan fingerprint density at radius 1 is 1.18 bits per heavy atom. The number of benzene rings is 1. The average molecular weight is 485 g/mol. The Labute approximate surface area is 192 Å². The summed E-state index contributed by atoms with van der Waals surface area (Å²) in [5.74, 6) is -1.86. The van der Waals surface area contributed by atoms with Crippen LogP contribution in [-0.2, 0) is 17.4 Å². The number of rotatable bonds is 9. The Kier molecular flexibility index (Phi) is 8.97. The molecule has 2 rings (SSSR count). The second kappa shape index (κ2) is 11.5. The van der Waals surface area contributed by atoms with E-state index in [-0.39, 0.29) is 34.4 Å². The van der Waals surface area contributed by atoms with E-state index in [0.717, 1.165) is 25.0 Å². The van der Waals surface area contributed by atoms with Gasteiger partial charge in [0.25, 0.3) is 5.91 Å². The van der Waals surface area contributed by atoms with E-state index in [1.165, 1.54) is 18.2 Å². The van der Waals surface area contributed by atoms with Crippen LogP contribution in [0.1, 0.15) is 47.8 Å². The first-order valence-corrected chi connectivity index (χ1v) is 10.4. The van der Waals surface area contributed by atoms with Crippen molar-refractivity contribution in [3.8, 4) is 5.75 Å². The van der Waals surface area contributed by atoms with Gasteiger partial charge in [-0.3, -0.25) is 19.7 Å². The smallest absolute Gasteiger partial charge is 0.420 e. The van der Waals surface area contributed by atoms with E-state index >= 15 is 0 Å². The second-order valence-corrected chi connectivity index (χ2v) is 7.44. The van der Waals surface area contributed by atoms with Crippen LogP contribution >= 0.6 is 12.2 Å². The molecule has 0 aliphatic heterocycles. The summed E-state index contributed by atoms with van der Waals surface area (Å²) in [6.45, 7) is 2.13. The van der Waals surface area contributed by atoms with Gasteiger partial charge < -0.3 is 20.8 Å². The highest BCUT2D eigenvalue weighted by Gasteiger charge is 2.34. The molecule has 12 heteroatoms. The lowest BCUT2D eigenvalue weighted by Gasteiger charge is -2.17. The molecule has 33 heavy (non-hydrogen) atoms. The molecule has 0 bridgehead atoms. The van der Waals surface area contributed by atoms with Crippen LogP contribution in [0.15, 0.2) is 35.1 Å². The van der Waals surface area contributed by atoms with Gasteiger partial charge in [0.2, 0.25) is 11.5 Å². The number of carbonyl (C=O) groups excluding carboxylic acids is 2. The van der Waals surface area contributed by atoms with Gasteiger partial charge in [0.1, 0.15) is 5.75 Å². The van der Waals surface area contributed by atoms with Crippen LogP contribution in [0.25, 0.3) is 0 Å². The van der Waals surface area contributed by atoms with Crippen LogP contribution in [-0.4, -0.2) is 28.5 Å². The van der Waals surface area contributed by atoms with Crippen molar-refractivity contribution >= 4 is 34.8 Å². The number of thiocarbonyl (C=S) groups is 1. The number of nitrogens with one attached hydrogen (secondary N) is 3. The van der Waals surface area contributed by atoms with Crippen molar-refractivity contribution in [2.45, 2.75) is 38.8 Å². The number of anilines is 1. The first-order valence-electron chi connectivity index (χ1n) is 9.98. The summed E-state index contributed by atoms with van der Waals surface area (Å²) in [4.78, 5) is 37.5. The van der Waals surface area contributed by atoms with Gasteiger partial charge in [-0.15, -0.1) is 0 Å². The third kappa shape index (κ3) is 7.90. The number of aromatic amines is 1. The third-order valence-corrected chi connectivity index (χ3v) is 4.58. The number of carbonyl (C=O) groups is 2. The van der Waals surface area contributed by atoms with E-state index in [2.05, 4.69) is 15.6 Å². The molecule has 0 atom stereocenters. The molecule has 1 aromatic carbocycles. The Bertz CT molecular complexity index is 1090. The summed E-state index contributed by atoms with van der Waals surface area (Å²) >= 11 is 5.02. The first kappa shape index (κ1) is 25.8. The molecule has 0 aliphatic rings. The van der Waals surface area contributed by atoms with Gasteiger partial charge in [0.15, 0.2) is 5.11 Å². The topological polar surface area (TPSA) is 126 Å². The average Bonchev–Trinajstić information content (AvgIpc) is 2.70. The molecule has 8 nitrogen and oxygen atoms in total. The van der Waals surface area contributed by atoms with Crippen LogP contribution in [0.3, 0.4) is 0 Å². The van der Waals surface area contributed by atoms with Crippen LogP contribution in [0.2, 0.25) is 0 Å². The van der Waals surface area contributed by atoms with Gasteiger partial charge >= 0.3 is 6.18 Å². The van der Waals surface area contributed by atoms with Crippen molar-refractivity contribution < 1.29 is 27.5 Å². The maximum Gasteiger partial charge on any atom is 0.420 e. The number of hydrogen-bond donors (Lipinski definition) is 4. The lowest BCUT2D eigenvalue weighted by molar-refractivity contribution is -0.138. The molecule has 178 valence electrons. The van der Waals surface area contributed by atoms with Gasteiger partial charge in [-0.2, -0.15) is 13.2 Å². The van der Waals surface area contributed by atoms with Gasteiger partial charge in [0.05, 0.1) is 24.2 Å². The monoisotopic (exact) mass is 484 g/mol. The van der Waals surface area contributed by atoms with Gasteiger partial charge in [0, 0.05) is 17.4 Å². The number of alkyl halides is 3. The summed E-state index contributed by atoms with van der Waals surface area (Å²) < 4.78 is 45.7. The summed E-state index contributed by atoms with van der Waals surface area (Å²) in [5.41, 5.74) is 3.49. The molecule has 1 aromatic heterocycles. The minimum atomic E-state index is -4.66. The Morgan fingerprint density at radius 2 is 1.91 bits per heavy atom. The van der Waals surface area contributed by atoms with E-state index < -0.39 is 35.5 Å². The molecule has 2 aromatic rings. The summed E-state index contributed by atoms with van der Waals surface area (Å²) in [5, 5.41) is 4.51. The van der Waals surface area contributed by atoms with Gasteiger partial charge in [-0.05, 0) is 42.9 Å². The molecule has 0 saturated carbocycles. The number of H-pyrrole nitrogens is 1. The number of hydrogen-bond acceptors (Lipinski definition) is 5. The van der Waals surface area contributed by atoms with Crippen molar-refractivity contribution in [1.82, 2.24) is 10.3 Å². The fourth-order valence-electron chi connectivity index (χ4n) is 2.87. The normalized spacial score (nSPS) is 11.0. The highest BCUT2D eigenvalue weighted by Crippen LogP contribution is 2.38. The van der Waals surface area contributed by atoms with Gasteiger partial charge in [-0.25, -0.2) is 0 Å². The lowest BCUT2D eigenvalue weighted by Crippen LogP contribution is -2.35.